The molecule has 0 amide bonds. The highest BCUT2D eigenvalue weighted by Crippen LogP contribution is 2.39. The van der Waals surface area contributed by atoms with E-state index in [1.54, 1.807) is 6.07 Å². The number of hydrogen-bond acceptors (Lipinski definition) is 1. The summed E-state index contributed by atoms with van der Waals surface area (Å²) < 4.78 is 27.8. The van der Waals surface area contributed by atoms with Crippen molar-refractivity contribution < 1.29 is 8.78 Å². The number of halogens is 2. The van der Waals surface area contributed by atoms with Gasteiger partial charge in [0.15, 0.2) is 0 Å². The van der Waals surface area contributed by atoms with E-state index >= 15 is 0 Å². The molecule has 0 aromatic heterocycles. The van der Waals surface area contributed by atoms with Crippen molar-refractivity contribution in [3.05, 3.63) is 34.9 Å². The van der Waals surface area contributed by atoms with Crippen LogP contribution < -0.4 is 0 Å². The van der Waals surface area contributed by atoms with E-state index in [0.717, 1.165) is 49.0 Å². The molecule has 2 aliphatic rings. The fraction of sp³-hybridized carbons (Fsp3) is 0.720. The van der Waals surface area contributed by atoms with Crippen molar-refractivity contribution in [3.63, 3.8) is 0 Å². The average molecular weight is 388 g/mol. The first-order valence-corrected chi connectivity index (χ1v) is 11.5. The lowest BCUT2D eigenvalue weighted by Crippen LogP contribution is -2.16. The van der Waals surface area contributed by atoms with Crippen LogP contribution in [0.2, 0.25) is 0 Å². The smallest absolute Gasteiger partial charge is 0.144 e. The van der Waals surface area contributed by atoms with Crippen molar-refractivity contribution in [2.75, 3.05) is 0 Å². The summed E-state index contributed by atoms with van der Waals surface area (Å²) in [6.45, 7) is 2.30. The zero-order valence-electron chi connectivity index (χ0n) is 17.4. The minimum absolute atomic E-state index is 0.238. The summed E-state index contributed by atoms with van der Waals surface area (Å²) >= 11 is 0. The zero-order valence-corrected chi connectivity index (χ0v) is 17.4. The Morgan fingerprint density at radius 2 is 1.29 bits per heavy atom. The Morgan fingerprint density at radius 1 is 0.821 bits per heavy atom. The lowest BCUT2D eigenvalue weighted by molar-refractivity contribution is 0.236. The first-order valence-electron chi connectivity index (χ1n) is 11.5. The molecule has 1 aromatic rings. The second kappa shape index (κ2) is 10.4. The van der Waals surface area contributed by atoms with Crippen molar-refractivity contribution in [1.82, 2.24) is 0 Å². The highest BCUT2D eigenvalue weighted by atomic mass is 19.1. The molecule has 0 spiro atoms. The second-order valence-electron chi connectivity index (χ2n) is 9.30. The Bertz CT molecular complexity index is 639. The summed E-state index contributed by atoms with van der Waals surface area (Å²) in [5.41, 5.74) is 0.275. The summed E-state index contributed by atoms with van der Waals surface area (Å²) in [6.07, 6.45) is 16.9. The number of hydrogen-bond donors (Lipinski definition) is 0. The van der Waals surface area contributed by atoms with Gasteiger partial charge in [-0.05, 0) is 67.1 Å². The van der Waals surface area contributed by atoms with Crippen LogP contribution in [0, 0.1) is 40.7 Å². The maximum Gasteiger partial charge on any atom is 0.144 e. The Morgan fingerprint density at radius 3 is 1.75 bits per heavy atom. The minimum atomic E-state index is -0.715. The highest BCUT2D eigenvalue weighted by Gasteiger charge is 2.25. The summed E-state index contributed by atoms with van der Waals surface area (Å²) in [7, 11) is 0. The van der Waals surface area contributed by atoms with Crippen LogP contribution in [-0.2, 0) is 0 Å². The van der Waals surface area contributed by atoms with Crippen LogP contribution in [0.3, 0.4) is 0 Å². The van der Waals surface area contributed by atoms with Gasteiger partial charge in [0.2, 0.25) is 0 Å². The van der Waals surface area contributed by atoms with Crippen molar-refractivity contribution in [2.24, 2.45) is 17.8 Å². The van der Waals surface area contributed by atoms with Crippen LogP contribution in [0.15, 0.2) is 12.1 Å². The van der Waals surface area contributed by atoms with Crippen LogP contribution in [-0.4, -0.2) is 0 Å². The van der Waals surface area contributed by atoms with Gasteiger partial charge in [-0.25, -0.2) is 8.78 Å². The maximum absolute atomic E-state index is 13.9. The lowest BCUT2D eigenvalue weighted by Gasteiger charge is -2.31. The molecule has 28 heavy (non-hydrogen) atoms. The molecular formula is C25H35F2N. The molecule has 0 bridgehead atoms. The summed E-state index contributed by atoms with van der Waals surface area (Å²) in [4.78, 5) is 0. The molecule has 0 atom stereocenters. The predicted octanol–water partition coefficient (Wildman–Crippen LogP) is 7.89. The van der Waals surface area contributed by atoms with Gasteiger partial charge in [0, 0.05) is 0 Å². The van der Waals surface area contributed by atoms with E-state index in [1.165, 1.54) is 69.9 Å². The van der Waals surface area contributed by atoms with E-state index in [2.05, 4.69) is 6.92 Å². The van der Waals surface area contributed by atoms with Gasteiger partial charge in [0.1, 0.15) is 23.3 Å². The van der Waals surface area contributed by atoms with Gasteiger partial charge < -0.3 is 0 Å². The standard InChI is InChI=1S/C25H35F2N/c1-2-4-18-7-9-19(10-8-18)5-3-6-20-11-13-21(14-12-20)22-15-24(26)23(17-28)25(27)16-22/h15-16,18-21H,2-14H2,1H3. The molecule has 1 nitrogen and oxygen atoms in total. The van der Waals surface area contributed by atoms with Gasteiger partial charge in [-0.1, -0.05) is 64.7 Å². The molecule has 0 N–H and O–H groups in total. The van der Waals surface area contributed by atoms with Gasteiger partial charge in [-0.3, -0.25) is 0 Å². The van der Waals surface area contributed by atoms with E-state index in [0.29, 0.717) is 0 Å². The topological polar surface area (TPSA) is 23.8 Å². The molecule has 154 valence electrons. The fourth-order valence-electron chi connectivity index (χ4n) is 5.63. The number of nitriles is 1. The fourth-order valence-corrected chi connectivity index (χ4v) is 5.63. The summed E-state index contributed by atoms with van der Waals surface area (Å²) in [5, 5.41) is 8.82. The van der Waals surface area contributed by atoms with Gasteiger partial charge >= 0.3 is 0 Å². The van der Waals surface area contributed by atoms with Crippen LogP contribution in [0.4, 0.5) is 8.78 Å². The van der Waals surface area contributed by atoms with E-state index in [9.17, 15) is 8.78 Å². The molecule has 0 heterocycles. The Balaban J connectivity index is 1.38. The monoisotopic (exact) mass is 387 g/mol. The van der Waals surface area contributed by atoms with Crippen molar-refractivity contribution in [3.8, 4) is 6.07 Å². The van der Waals surface area contributed by atoms with Gasteiger partial charge in [-0.2, -0.15) is 5.26 Å². The molecule has 3 heteroatoms. The second-order valence-corrected chi connectivity index (χ2v) is 9.30. The summed E-state index contributed by atoms with van der Waals surface area (Å²) in [5.74, 6) is 1.53. The number of rotatable bonds is 7. The largest absolute Gasteiger partial charge is 0.205 e. The van der Waals surface area contributed by atoms with Crippen LogP contribution in [0.5, 0.6) is 0 Å². The molecule has 0 radical (unpaired) electrons. The van der Waals surface area contributed by atoms with E-state index < -0.39 is 17.2 Å². The van der Waals surface area contributed by atoms with Crippen molar-refractivity contribution >= 4 is 0 Å². The van der Waals surface area contributed by atoms with E-state index in [-0.39, 0.29) is 5.92 Å². The van der Waals surface area contributed by atoms with Crippen molar-refractivity contribution in [1.29, 1.82) is 5.26 Å². The minimum Gasteiger partial charge on any atom is -0.205 e. The van der Waals surface area contributed by atoms with Gasteiger partial charge in [-0.15, -0.1) is 0 Å². The third-order valence-corrected chi connectivity index (χ3v) is 7.38. The Hall–Kier alpha value is -1.43. The number of benzene rings is 1. The van der Waals surface area contributed by atoms with Crippen molar-refractivity contribution in [2.45, 2.75) is 96.3 Å². The highest BCUT2D eigenvalue weighted by molar-refractivity contribution is 5.36. The zero-order chi connectivity index (χ0) is 19.9. The summed E-state index contributed by atoms with van der Waals surface area (Å²) in [6, 6.07) is 4.36. The molecule has 2 fully saturated rings. The average Bonchev–Trinajstić information content (AvgIpc) is 2.70. The van der Waals surface area contributed by atoms with E-state index in [1.807, 2.05) is 0 Å². The first-order chi connectivity index (χ1) is 13.6. The Labute approximate surface area is 169 Å². The number of nitrogens with zero attached hydrogens (tertiary/aromatic N) is 1. The molecule has 2 saturated carbocycles. The molecule has 3 rings (SSSR count). The van der Waals surface area contributed by atoms with E-state index in [4.69, 9.17) is 5.26 Å². The van der Waals surface area contributed by atoms with Crippen LogP contribution >= 0.6 is 0 Å². The normalized spacial score (nSPS) is 28.1. The van der Waals surface area contributed by atoms with Gasteiger partial charge in [0.25, 0.3) is 0 Å². The molecule has 2 aliphatic carbocycles. The maximum atomic E-state index is 13.9. The molecule has 1 aromatic carbocycles. The first kappa shape index (κ1) is 21.3. The quantitative estimate of drug-likeness (QED) is 0.466. The predicted molar refractivity (Wildman–Crippen MR) is 110 cm³/mol. The molecule has 0 unspecified atom stereocenters. The molecular weight excluding hydrogens is 352 g/mol. The molecule has 0 saturated heterocycles. The third kappa shape index (κ3) is 5.56. The van der Waals surface area contributed by atoms with Crippen LogP contribution in [0.1, 0.15) is 107 Å². The van der Waals surface area contributed by atoms with Crippen LogP contribution in [0.25, 0.3) is 0 Å². The third-order valence-electron chi connectivity index (χ3n) is 7.38. The van der Waals surface area contributed by atoms with Gasteiger partial charge in [0.05, 0.1) is 0 Å². The lowest BCUT2D eigenvalue weighted by atomic mass is 9.75. The Kier molecular flexibility index (Phi) is 7.89. The SMILES string of the molecule is CCCC1CCC(CCCC2CCC(c3cc(F)c(C#N)c(F)c3)CC2)CC1. The molecule has 0 aliphatic heterocycles.